The average Bonchev–Trinajstić information content (AvgIpc) is 2.46. The van der Waals surface area contributed by atoms with Crippen molar-refractivity contribution in [2.45, 2.75) is 12.6 Å². The molecule has 0 unspecified atom stereocenters. The molecule has 1 aliphatic rings. The SMILES string of the molecule is FC(F)(F)c1ccc(-c2ccc3c(c2)CCSN3)cc1. The topological polar surface area (TPSA) is 12.0 Å². The largest absolute Gasteiger partial charge is 0.416 e. The molecule has 1 N–H and O–H groups in total. The molecule has 0 fully saturated rings. The summed E-state index contributed by atoms with van der Waals surface area (Å²) < 4.78 is 40.8. The summed E-state index contributed by atoms with van der Waals surface area (Å²) in [6.07, 6.45) is -3.31. The van der Waals surface area contributed by atoms with Crippen LogP contribution in [0, 0.1) is 0 Å². The van der Waals surface area contributed by atoms with E-state index < -0.39 is 11.7 Å². The van der Waals surface area contributed by atoms with Crippen LogP contribution in [0.5, 0.6) is 0 Å². The summed E-state index contributed by atoms with van der Waals surface area (Å²) in [7, 11) is 0. The molecule has 0 radical (unpaired) electrons. The molecule has 0 amide bonds. The van der Waals surface area contributed by atoms with E-state index in [4.69, 9.17) is 0 Å². The summed E-state index contributed by atoms with van der Waals surface area (Å²) in [4.78, 5) is 0. The van der Waals surface area contributed by atoms with Crippen LogP contribution >= 0.6 is 11.9 Å². The van der Waals surface area contributed by atoms with Gasteiger partial charge in [0.1, 0.15) is 0 Å². The van der Waals surface area contributed by atoms with Crippen LogP contribution in [0.2, 0.25) is 0 Å². The van der Waals surface area contributed by atoms with Gasteiger partial charge in [-0.25, -0.2) is 0 Å². The lowest BCUT2D eigenvalue weighted by atomic mass is 9.99. The average molecular weight is 295 g/mol. The Balaban J connectivity index is 1.93. The number of nitrogens with one attached hydrogen (secondary N) is 1. The lowest BCUT2D eigenvalue weighted by Gasteiger charge is -2.18. The number of anilines is 1. The molecule has 1 nitrogen and oxygen atoms in total. The van der Waals surface area contributed by atoms with Crippen molar-refractivity contribution in [3.05, 3.63) is 53.6 Å². The Bertz CT molecular complexity index is 620. The summed E-state index contributed by atoms with van der Waals surface area (Å²) >= 11 is 1.67. The molecule has 20 heavy (non-hydrogen) atoms. The van der Waals surface area contributed by atoms with Crippen molar-refractivity contribution in [3.8, 4) is 11.1 Å². The van der Waals surface area contributed by atoms with E-state index in [-0.39, 0.29) is 0 Å². The third kappa shape index (κ3) is 2.63. The van der Waals surface area contributed by atoms with Crippen molar-refractivity contribution in [1.29, 1.82) is 0 Å². The standard InChI is InChI=1S/C15H12F3NS/c16-15(17,18)13-4-1-10(2-5-13)11-3-6-14-12(9-11)7-8-20-19-14/h1-6,9,19H,7-8H2. The molecule has 0 aromatic heterocycles. The maximum atomic E-state index is 12.5. The maximum Gasteiger partial charge on any atom is 0.416 e. The first-order valence-corrected chi connectivity index (χ1v) is 7.21. The second kappa shape index (κ2) is 5.05. The van der Waals surface area contributed by atoms with Gasteiger partial charge in [-0.2, -0.15) is 13.2 Å². The van der Waals surface area contributed by atoms with E-state index in [0.29, 0.717) is 0 Å². The molecule has 3 rings (SSSR count). The van der Waals surface area contributed by atoms with E-state index in [1.165, 1.54) is 17.7 Å². The van der Waals surface area contributed by atoms with Gasteiger partial charge < -0.3 is 4.72 Å². The van der Waals surface area contributed by atoms with Crippen molar-refractivity contribution in [2.24, 2.45) is 0 Å². The molecule has 0 saturated heterocycles. The van der Waals surface area contributed by atoms with Crippen LogP contribution in [0.3, 0.4) is 0 Å². The van der Waals surface area contributed by atoms with E-state index in [1.54, 1.807) is 11.9 Å². The number of halogens is 3. The van der Waals surface area contributed by atoms with Gasteiger partial charge in [-0.15, -0.1) is 0 Å². The summed E-state index contributed by atoms with van der Waals surface area (Å²) in [6.45, 7) is 0. The first kappa shape index (κ1) is 13.4. The van der Waals surface area contributed by atoms with Crippen LogP contribution in [-0.2, 0) is 12.6 Å². The van der Waals surface area contributed by atoms with Crippen molar-refractivity contribution >= 4 is 17.6 Å². The Labute approximate surface area is 119 Å². The first-order valence-electron chi connectivity index (χ1n) is 6.22. The Morgan fingerprint density at radius 2 is 1.65 bits per heavy atom. The number of hydrogen-bond donors (Lipinski definition) is 1. The summed E-state index contributed by atoms with van der Waals surface area (Å²) in [5.41, 5.74) is 3.44. The monoisotopic (exact) mass is 295 g/mol. The predicted octanol–water partition coefficient (Wildman–Crippen LogP) is 4.99. The number of hydrogen-bond acceptors (Lipinski definition) is 2. The second-order valence-electron chi connectivity index (χ2n) is 4.65. The van der Waals surface area contributed by atoms with Gasteiger partial charge in [0.2, 0.25) is 0 Å². The molecule has 0 spiro atoms. The van der Waals surface area contributed by atoms with E-state index in [1.807, 2.05) is 18.2 Å². The molecule has 2 aromatic carbocycles. The first-order chi connectivity index (χ1) is 9.54. The Kier molecular flexibility index (Phi) is 3.38. The molecular weight excluding hydrogens is 283 g/mol. The van der Waals surface area contributed by atoms with Gasteiger partial charge in [0.05, 0.1) is 5.56 Å². The van der Waals surface area contributed by atoms with Gasteiger partial charge in [0, 0.05) is 11.4 Å². The zero-order valence-electron chi connectivity index (χ0n) is 10.5. The van der Waals surface area contributed by atoms with E-state index in [2.05, 4.69) is 4.72 Å². The Morgan fingerprint density at radius 1 is 0.950 bits per heavy atom. The maximum absolute atomic E-state index is 12.5. The molecule has 0 atom stereocenters. The van der Waals surface area contributed by atoms with Crippen molar-refractivity contribution in [3.63, 3.8) is 0 Å². The number of aryl methyl sites for hydroxylation is 1. The van der Waals surface area contributed by atoms with E-state index in [9.17, 15) is 13.2 Å². The smallest absolute Gasteiger partial charge is 0.329 e. The molecular formula is C15H12F3NS. The number of benzene rings is 2. The predicted molar refractivity (Wildman–Crippen MR) is 76.7 cm³/mol. The van der Waals surface area contributed by atoms with Gasteiger partial charge in [-0.05, 0) is 47.4 Å². The third-order valence-electron chi connectivity index (χ3n) is 3.31. The van der Waals surface area contributed by atoms with Crippen molar-refractivity contribution < 1.29 is 13.2 Å². The van der Waals surface area contributed by atoms with Gasteiger partial charge in [-0.3, -0.25) is 0 Å². The minimum atomic E-state index is -4.28. The Morgan fingerprint density at radius 3 is 2.35 bits per heavy atom. The van der Waals surface area contributed by atoms with Crippen LogP contribution in [0.4, 0.5) is 18.9 Å². The van der Waals surface area contributed by atoms with Crippen LogP contribution in [0.1, 0.15) is 11.1 Å². The molecule has 1 aliphatic heterocycles. The summed E-state index contributed by atoms with van der Waals surface area (Å²) in [5, 5.41) is 0. The van der Waals surface area contributed by atoms with Crippen molar-refractivity contribution in [1.82, 2.24) is 0 Å². The Hall–Kier alpha value is -1.62. The molecule has 0 bridgehead atoms. The minimum absolute atomic E-state index is 0.614. The highest BCUT2D eigenvalue weighted by Crippen LogP contribution is 2.33. The number of rotatable bonds is 1. The molecule has 0 saturated carbocycles. The summed E-state index contributed by atoms with van der Waals surface area (Å²) in [6, 6.07) is 11.3. The molecule has 5 heteroatoms. The summed E-state index contributed by atoms with van der Waals surface area (Å²) in [5.74, 6) is 1.00. The normalized spacial score (nSPS) is 14.6. The van der Waals surface area contributed by atoms with Gasteiger partial charge in [-0.1, -0.05) is 30.1 Å². The lowest BCUT2D eigenvalue weighted by Crippen LogP contribution is -2.05. The number of alkyl halides is 3. The van der Waals surface area contributed by atoms with E-state index >= 15 is 0 Å². The minimum Gasteiger partial charge on any atom is -0.329 e. The zero-order valence-corrected chi connectivity index (χ0v) is 11.3. The highest BCUT2D eigenvalue weighted by atomic mass is 32.2. The fourth-order valence-electron chi connectivity index (χ4n) is 2.22. The second-order valence-corrected chi connectivity index (χ2v) is 5.55. The quantitative estimate of drug-likeness (QED) is 0.744. The van der Waals surface area contributed by atoms with Gasteiger partial charge in [0.15, 0.2) is 0 Å². The highest BCUT2D eigenvalue weighted by Gasteiger charge is 2.29. The molecule has 104 valence electrons. The number of fused-ring (bicyclic) bond motifs is 1. The molecule has 0 aliphatic carbocycles. The van der Waals surface area contributed by atoms with Gasteiger partial charge >= 0.3 is 6.18 Å². The van der Waals surface area contributed by atoms with E-state index in [0.717, 1.165) is 41.1 Å². The zero-order chi connectivity index (χ0) is 14.2. The van der Waals surface area contributed by atoms with Crippen LogP contribution < -0.4 is 4.72 Å². The van der Waals surface area contributed by atoms with Crippen LogP contribution in [0.15, 0.2) is 42.5 Å². The van der Waals surface area contributed by atoms with Crippen molar-refractivity contribution in [2.75, 3.05) is 10.5 Å². The highest BCUT2D eigenvalue weighted by molar-refractivity contribution is 8.00. The van der Waals surface area contributed by atoms with Crippen LogP contribution in [0.25, 0.3) is 11.1 Å². The fourth-order valence-corrected chi connectivity index (χ4v) is 3.00. The lowest BCUT2D eigenvalue weighted by molar-refractivity contribution is -0.137. The molecule has 2 aromatic rings. The fraction of sp³-hybridized carbons (Fsp3) is 0.200. The van der Waals surface area contributed by atoms with Gasteiger partial charge in [0.25, 0.3) is 0 Å². The van der Waals surface area contributed by atoms with Crippen LogP contribution in [-0.4, -0.2) is 5.75 Å². The third-order valence-corrected chi connectivity index (χ3v) is 4.08. The molecule has 1 heterocycles.